The lowest BCUT2D eigenvalue weighted by atomic mass is 10.2. The number of carbonyl (C=O) groups excluding carboxylic acids is 1. The van der Waals surface area contributed by atoms with Crippen molar-refractivity contribution in [2.75, 3.05) is 20.6 Å². The standard InChI is InChI=1S/C10H22N2O/c1-8(2)7-12(9(3)4)10(13)11(5)6/h8-9H,7H2,1-6H3. The van der Waals surface area contributed by atoms with E-state index in [0.29, 0.717) is 5.92 Å². The van der Waals surface area contributed by atoms with Crippen molar-refractivity contribution in [1.82, 2.24) is 9.80 Å². The Hall–Kier alpha value is -0.730. The van der Waals surface area contributed by atoms with Gasteiger partial charge in [0, 0.05) is 26.7 Å². The van der Waals surface area contributed by atoms with Gasteiger partial charge in [-0.15, -0.1) is 0 Å². The second kappa shape index (κ2) is 5.10. The Morgan fingerprint density at radius 2 is 1.62 bits per heavy atom. The van der Waals surface area contributed by atoms with E-state index in [1.165, 1.54) is 0 Å². The molecule has 3 nitrogen and oxygen atoms in total. The quantitative estimate of drug-likeness (QED) is 0.661. The molecule has 13 heavy (non-hydrogen) atoms. The van der Waals surface area contributed by atoms with E-state index in [2.05, 4.69) is 13.8 Å². The summed E-state index contributed by atoms with van der Waals surface area (Å²) >= 11 is 0. The summed E-state index contributed by atoms with van der Waals surface area (Å²) in [5.41, 5.74) is 0. The van der Waals surface area contributed by atoms with Crippen LogP contribution in [0, 0.1) is 5.92 Å². The number of urea groups is 1. The molecule has 3 heteroatoms. The fraction of sp³-hybridized carbons (Fsp3) is 0.900. The topological polar surface area (TPSA) is 23.6 Å². The van der Waals surface area contributed by atoms with Gasteiger partial charge in [-0.1, -0.05) is 13.8 Å². The molecule has 0 saturated carbocycles. The van der Waals surface area contributed by atoms with Crippen molar-refractivity contribution in [3.63, 3.8) is 0 Å². The van der Waals surface area contributed by atoms with E-state index in [9.17, 15) is 4.79 Å². The zero-order chi connectivity index (χ0) is 10.6. The number of nitrogens with zero attached hydrogens (tertiary/aromatic N) is 2. The highest BCUT2D eigenvalue weighted by atomic mass is 16.2. The molecule has 2 amide bonds. The first-order valence-electron chi connectivity index (χ1n) is 4.84. The first kappa shape index (κ1) is 12.3. The lowest BCUT2D eigenvalue weighted by molar-refractivity contribution is 0.149. The number of hydrogen-bond donors (Lipinski definition) is 0. The highest BCUT2D eigenvalue weighted by molar-refractivity contribution is 5.74. The molecule has 0 bridgehead atoms. The number of amides is 2. The fourth-order valence-corrected chi connectivity index (χ4v) is 1.16. The molecule has 0 heterocycles. The van der Waals surface area contributed by atoms with Gasteiger partial charge in [-0.3, -0.25) is 0 Å². The predicted octanol–water partition coefficient (Wildman–Crippen LogP) is 2.03. The lowest BCUT2D eigenvalue weighted by Gasteiger charge is -2.31. The molecule has 0 rings (SSSR count). The van der Waals surface area contributed by atoms with E-state index >= 15 is 0 Å². The van der Waals surface area contributed by atoms with E-state index in [-0.39, 0.29) is 12.1 Å². The van der Waals surface area contributed by atoms with Crippen LogP contribution in [0.3, 0.4) is 0 Å². The molecule has 0 aliphatic carbocycles. The predicted molar refractivity (Wildman–Crippen MR) is 55.8 cm³/mol. The van der Waals surface area contributed by atoms with Crippen molar-refractivity contribution >= 4 is 6.03 Å². The first-order chi connectivity index (χ1) is 5.86. The average Bonchev–Trinajstić information content (AvgIpc) is 1.97. The number of hydrogen-bond acceptors (Lipinski definition) is 1. The molecule has 0 aromatic rings. The van der Waals surface area contributed by atoms with Gasteiger partial charge in [-0.25, -0.2) is 4.79 Å². The van der Waals surface area contributed by atoms with E-state index in [1.54, 1.807) is 19.0 Å². The molecular weight excluding hydrogens is 164 g/mol. The minimum Gasteiger partial charge on any atom is -0.331 e. The Bertz CT molecular complexity index is 164. The molecule has 0 saturated heterocycles. The van der Waals surface area contributed by atoms with Gasteiger partial charge in [0.1, 0.15) is 0 Å². The smallest absolute Gasteiger partial charge is 0.319 e. The van der Waals surface area contributed by atoms with Crippen molar-refractivity contribution in [2.45, 2.75) is 33.7 Å². The largest absolute Gasteiger partial charge is 0.331 e. The van der Waals surface area contributed by atoms with E-state index < -0.39 is 0 Å². The van der Waals surface area contributed by atoms with Crippen molar-refractivity contribution in [1.29, 1.82) is 0 Å². The normalized spacial score (nSPS) is 10.8. The van der Waals surface area contributed by atoms with Crippen LogP contribution in [0.4, 0.5) is 4.79 Å². The molecular formula is C10H22N2O. The minimum absolute atomic E-state index is 0.101. The van der Waals surface area contributed by atoms with Crippen LogP contribution in [0.5, 0.6) is 0 Å². The van der Waals surface area contributed by atoms with Gasteiger partial charge in [-0.05, 0) is 19.8 Å². The molecule has 0 unspecified atom stereocenters. The van der Waals surface area contributed by atoms with Crippen molar-refractivity contribution in [3.8, 4) is 0 Å². The second-order valence-electron chi connectivity index (χ2n) is 4.32. The molecule has 0 atom stereocenters. The summed E-state index contributed by atoms with van der Waals surface area (Å²) in [6, 6.07) is 0.376. The summed E-state index contributed by atoms with van der Waals surface area (Å²) in [5.74, 6) is 0.520. The van der Waals surface area contributed by atoms with Crippen LogP contribution in [0.25, 0.3) is 0 Å². The summed E-state index contributed by atoms with van der Waals surface area (Å²) in [4.78, 5) is 15.2. The molecule has 0 fully saturated rings. The molecule has 0 spiro atoms. The van der Waals surface area contributed by atoms with Gasteiger partial charge in [-0.2, -0.15) is 0 Å². The first-order valence-corrected chi connectivity index (χ1v) is 4.84. The van der Waals surface area contributed by atoms with Crippen LogP contribution in [0.1, 0.15) is 27.7 Å². The van der Waals surface area contributed by atoms with Crippen LogP contribution >= 0.6 is 0 Å². The Labute approximate surface area is 81.7 Å². The Morgan fingerprint density at radius 1 is 1.15 bits per heavy atom. The molecule has 0 aliphatic rings. The van der Waals surface area contributed by atoms with Gasteiger partial charge in [0.15, 0.2) is 0 Å². The molecule has 0 aliphatic heterocycles. The fourth-order valence-electron chi connectivity index (χ4n) is 1.16. The number of rotatable bonds is 3. The minimum atomic E-state index is 0.101. The van der Waals surface area contributed by atoms with Gasteiger partial charge in [0.2, 0.25) is 0 Å². The van der Waals surface area contributed by atoms with Gasteiger partial charge < -0.3 is 9.80 Å². The second-order valence-corrected chi connectivity index (χ2v) is 4.32. The summed E-state index contributed by atoms with van der Waals surface area (Å²) in [7, 11) is 3.58. The SMILES string of the molecule is CC(C)CN(C(=O)N(C)C)C(C)C. The van der Waals surface area contributed by atoms with Crippen LogP contribution in [-0.2, 0) is 0 Å². The third kappa shape index (κ3) is 4.15. The van der Waals surface area contributed by atoms with Crippen LogP contribution in [0.15, 0.2) is 0 Å². The third-order valence-corrected chi connectivity index (χ3v) is 1.81. The van der Waals surface area contributed by atoms with Gasteiger partial charge >= 0.3 is 6.03 Å². The lowest BCUT2D eigenvalue weighted by Crippen LogP contribution is -2.45. The number of carbonyl (C=O) groups is 1. The summed E-state index contributed by atoms with van der Waals surface area (Å²) in [5, 5.41) is 0. The highest BCUT2D eigenvalue weighted by Gasteiger charge is 2.18. The van der Waals surface area contributed by atoms with Crippen molar-refractivity contribution in [2.24, 2.45) is 5.92 Å². The monoisotopic (exact) mass is 186 g/mol. The zero-order valence-corrected chi connectivity index (χ0v) is 9.66. The summed E-state index contributed by atoms with van der Waals surface area (Å²) in [6.45, 7) is 9.17. The van der Waals surface area contributed by atoms with Crippen LogP contribution in [-0.4, -0.2) is 42.5 Å². The van der Waals surface area contributed by atoms with Crippen molar-refractivity contribution < 1.29 is 4.79 Å². The van der Waals surface area contributed by atoms with Crippen LogP contribution in [0.2, 0.25) is 0 Å². The maximum absolute atomic E-state index is 11.7. The maximum atomic E-state index is 11.7. The van der Waals surface area contributed by atoms with Crippen molar-refractivity contribution in [3.05, 3.63) is 0 Å². The Balaban J connectivity index is 4.33. The summed E-state index contributed by atoms with van der Waals surface area (Å²) in [6.07, 6.45) is 0. The molecule has 0 aromatic heterocycles. The van der Waals surface area contributed by atoms with E-state index in [4.69, 9.17) is 0 Å². The van der Waals surface area contributed by atoms with E-state index in [0.717, 1.165) is 6.54 Å². The van der Waals surface area contributed by atoms with Gasteiger partial charge in [0.25, 0.3) is 0 Å². The summed E-state index contributed by atoms with van der Waals surface area (Å²) < 4.78 is 0. The maximum Gasteiger partial charge on any atom is 0.319 e. The third-order valence-electron chi connectivity index (χ3n) is 1.81. The molecule has 0 N–H and O–H groups in total. The average molecular weight is 186 g/mol. The highest BCUT2D eigenvalue weighted by Crippen LogP contribution is 2.06. The van der Waals surface area contributed by atoms with E-state index in [1.807, 2.05) is 18.7 Å². The Kier molecular flexibility index (Phi) is 4.81. The molecule has 0 radical (unpaired) electrons. The Morgan fingerprint density at radius 3 is 1.85 bits per heavy atom. The van der Waals surface area contributed by atoms with Gasteiger partial charge in [0.05, 0.1) is 0 Å². The zero-order valence-electron chi connectivity index (χ0n) is 9.66. The molecule has 78 valence electrons. The molecule has 0 aromatic carbocycles. The van der Waals surface area contributed by atoms with Crippen LogP contribution < -0.4 is 0 Å².